The molecule has 36 heteroatoms. The van der Waals surface area contributed by atoms with E-state index >= 15 is 0 Å². The van der Waals surface area contributed by atoms with Crippen LogP contribution in [0.3, 0.4) is 0 Å². The Morgan fingerprint density at radius 2 is 1.39 bits per heavy atom. The van der Waals surface area contributed by atoms with E-state index in [1.165, 1.54) is 24.3 Å². The van der Waals surface area contributed by atoms with Crippen molar-refractivity contribution in [3.8, 4) is 5.75 Å². The average molecular weight is 1120 g/mol. The molecule has 5 aromatic heterocycles. The van der Waals surface area contributed by atoms with E-state index in [1.807, 2.05) is 0 Å². The van der Waals surface area contributed by atoms with Crippen LogP contribution in [0.15, 0.2) is 65.1 Å². The fraction of sp³-hybridized carbons (Fsp3) is 0.488. The lowest BCUT2D eigenvalue weighted by Gasteiger charge is -2.26. The lowest BCUT2D eigenvalue weighted by molar-refractivity contribution is -0.124. The number of phosphoric ester groups is 2. The number of carbonyl (C=O) groups is 1. The van der Waals surface area contributed by atoms with E-state index in [-0.39, 0.29) is 35.0 Å². The Balaban J connectivity index is 0.930. The standard InChI is InChI=1S/C41H53N15O19P2/c1-53(2)32-25-33(46-14-45-32)55(15-47-25)37-27(58)24(50-35(61)19(42)10-17-4-6-18(68-3)7-5-17)21(72-37)12-69-76(64,65)75-31-22(73-38(29(31)60)54-9-8-23(43)49-41(54)63)13-70-77(66,67)74-30-20(11-57)71-39(28(30)59)56-16-48-26-34(56)51-40(44)52-36(26)62/h4-9,14-16,19-22,24,27-31,37-39,57-60H,10-13,42H2,1-3H3,(H,50,61)(H,64,65)(H,66,67)(H2,43,49,63)(H3,44,51,52,62)/t19-,20+,21+,22+,24+,27+,28+,29+,30+,31+,37+,38+,39+/m0/s1. The van der Waals surface area contributed by atoms with E-state index in [1.54, 1.807) is 43.3 Å². The van der Waals surface area contributed by atoms with Gasteiger partial charge in [0.25, 0.3) is 5.56 Å². The minimum Gasteiger partial charge on any atom is -0.497 e. The van der Waals surface area contributed by atoms with Gasteiger partial charge in [0.2, 0.25) is 11.9 Å². The number of hydrogen-bond donors (Lipinski definition) is 11. The Hall–Kier alpha value is -6.43. The Morgan fingerprint density at radius 3 is 2.03 bits per heavy atom. The van der Waals surface area contributed by atoms with Crippen molar-refractivity contribution >= 4 is 61.5 Å². The molecular formula is C41H53N15O19P2. The third kappa shape index (κ3) is 11.4. The number of imidazole rings is 2. The van der Waals surface area contributed by atoms with Crippen molar-refractivity contribution < 1.29 is 81.2 Å². The summed E-state index contributed by atoms with van der Waals surface area (Å²) in [5.41, 5.74) is 16.7. The predicted molar refractivity (Wildman–Crippen MR) is 260 cm³/mol. The van der Waals surface area contributed by atoms with Gasteiger partial charge in [-0.2, -0.15) is 9.97 Å². The Labute approximate surface area is 432 Å². The molecule has 15 atom stereocenters. The summed E-state index contributed by atoms with van der Waals surface area (Å²) in [6.07, 6.45) is -14.3. The Bertz CT molecular complexity index is 3330. The van der Waals surface area contributed by atoms with Crippen LogP contribution < -0.4 is 43.4 Å². The lowest BCUT2D eigenvalue weighted by Crippen LogP contribution is -2.53. The number of phosphoric acid groups is 2. The number of benzene rings is 1. The molecule has 3 fully saturated rings. The van der Waals surface area contributed by atoms with Crippen LogP contribution in [0.5, 0.6) is 5.75 Å². The summed E-state index contributed by atoms with van der Waals surface area (Å²) in [6, 6.07) is 5.33. The molecule has 0 saturated carbocycles. The molecule has 8 heterocycles. The molecule has 0 spiro atoms. The van der Waals surface area contributed by atoms with Gasteiger partial charge >= 0.3 is 21.3 Å². The Kier molecular flexibility index (Phi) is 15.9. The number of nitrogens with zero attached hydrogens (tertiary/aromatic N) is 10. The number of aromatic nitrogens is 10. The highest BCUT2D eigenvalue weighted by atomic mass is 31.2. The maximum Gasteiger partial charge on any atom is 0.472 e. The third-order valence-corrected chi connectivity index (χ3v) is 14.6. The number of carbonyl (C=O) groups excluding carboxylic acids is 1. The summed E-state index contributed by atoms with van der Waals surface area (Å²) >= 11 is 0. The average Bonchev–Trinajstić information content (AvgIpc) is 4.31. The molecule has 9 rings (SSSR count). The van der Waals surface area contributed by atoms with E-state index in [9.17, 15) is 53.7 Å². The van der Waals surface area contributed by atoms with E-state index in [4.69, 9.17) is 54.2 Å². The van der Waals surface area contributed by atoms with Gasteiger partial charge in [-0.3, -0.25) is 46.4 Å². The fourth-order valence-corrected chi connectivity index (χ4v) is 10.8. The molecule has 1 amide bonds. The monoisotopic (exact) mass is 1120 g/mol. The zero-order valence-corrected chi connectivity index (χ0v) is 42.4. The zero-order chi connectivity index (χ0) is 55.2. The van der Waals surface area contributed by atoms with Crippen LogP contribution in [-0.4, -0.2) is 187 Å². The second-order valence-corrected chi connectivity index (χ2v) is 20.8. The van der Waals surface area contributed by atoms with E-state index in [2.05, 4.69) is 40.2 Å². The molecule has 6 aromatic rings. The number of rotatable bonds is 20. The van der Waals surface area contributed by atoms with Crippen molar-refractivity contribution in [2.24, 2.45) is 5.73 Å². The zero-order valence-electron chi connectivity index (χ0n) is 40.6. The summed E-state index contributed by atoms with van der Waals surface area (Å²) in [4.78, 5) is 89.8. The first-order valence-electron chi connectivity index (χ1n) is 23.1. The third-order valence-electron chi connectivity index (χ3n) is 12.6. The molecule has 1 aromatic carbocycles. The van der Waals surface area contributed by atoms with Crippen LogP contribution in [0.4, 0.5) is 17.6 Å². The summed E-state index contributed by atoms with van der Waals surface area (Å²) < 4.78 is 75.1. The van der Waals surface area contributed by atoms with Crippen molar-refractivity contribution in [3.63, 3.8) is 0 Å². The van der Waals surface area contributed by atoms with E-state index in [0.717, 1.165) is 27.7 Å². The van der Waals surface area contributed by atoms with Crippen LogP contribution in [0.1, 0.15) is 24.2 Å². The lowest BCUT2D eigenvalue weighted by atomic mass is 10.0. The number of methoxy groups -OCH3 is 1. The number of aromatic amines is 1. The minimum atomic E-state index is -5.51. The molecule has 3 saturated heterocycles. The molecule has 0 aliphatic carbocycles. The summed E-state index contributed by atoms with van der Waals surface area (Å²) in [5, 5.41) is 47.5. The normalized spacial score (nSPS) is 28.4. The van der Waals surface area contributed by atoms with E-state index in [0.29, 0.717) is 22.6 Å². The van der Waals surface area contributed by atoms with Gasteiger partial charge in [-0.05, 0) is 30.2 Å². The number of anilines is 3. The number of fused-ring (bicyclic) bond motifs is 2. The number of nitrogens with one attached hydrogen (secondary N) is 2. The fourth-order valence-electron chi connectivity index (χ4n) is 8.92. The molecule has 77 heavy (non-hydrogen) atoms. The molecular weight excluding hydrogens is 1070 g/mol. The summed E-state index contributed by atoms with van der Waals surface area (Å²) in [5.74, 6) is -0.314. The molecule has 3 aliphatic heterocycles. The number of aliphatic hydroxyl groups is 4. The highest BCUT2D eigenvalue weighted by Gasteiger charge is 2.53. The topological polar surface area (TPSA) is 482 Å². The van der Waals surface area contributed by atoms with Crippen LogP contribution in [-0.2, 0) is 52.7 Å². The van der Waals surface area contributed by atoms with Crippen molar-refractivity contribution in [3.05, 3.63) is 81.9 Å². The van der Waals surface area contributed by atoms with Crippen LogP contribution in [0.25, 0.3) is 22.3 Å². The van der Waals surface area contributed by atoms with Crippen molar-refractivity contribution in [2.45, 2.75) is 86.0 Å². The predicted octanol–water partition coefficient (Wildman–Crippen LogP) is -3.72. The van der Waals surface area contributed by atoms with Gasteiger partial charge in [-0.15, -0.1) is 0 Å². The van der Waals surface area contributed by atoms with Gasteiger partial charge in [-0.25, -0.2) is 33.9 Å². The minimum absolute atomic E-state index is 0.0388. The van der Waals surface area contributed by atoms with Gasteiger partial charge in [0, 0.05) is 20.3 Å². The molecule has 0 radical (unpaired) electrons. The van der Waals surface area contributed by atoms with Crippen molar-refractivity contribution in [1.82, 2.24) is 53.9 Å². The van der Waals surface area contributed by atoms with Crippen molar-refractivity contribution in [2.75, 3.05) is 57.4 Å². The second-order valence-electron chi connectivity index (χ2n) is 17.9. The molecule has 2 unspecified atom stereocenters. The first-order chi connectivity index (χ1) is 36.6. The highest BCUT2D eigenvalue weighted by Crippen LogP contribution is 2.52. The Morgan fingerprint density at radius 1 is 0.805 bits per heavy atom. The number of H-pyrrole nitrogens is 1. The number of aliphatic hydroxyl groups excluding tert-OH is 4. The number of nitrogen functional groups attached to an aromatic ring is 2. The van der Waals surface area contributed by atoms with Gasteiger partial charge in [0.15, 0.2) is 46.8 Å². The largest absolute Gasteiger partial charge is 0.497 e. The molecule has 14 N–H and O–H groups in total. The van der Waals surface area contributed by atoms with Crippen LogP contribution >= 0.6 is 15.6 Å². The SMILES string of the molecule is COc1ccc(C[C@H](N)C(=O)N[C@H]2[C@@H](O)[C@H](n3cnc4c(N(C)C)ncnc43)O[C@@H]2COP(=O)(O)O[C@H]2[C@@H](O)[C@H](n3ccc(N)nc3=O)O[C@@H]2COP(=O)(O)O[C@H]2[C@@H](O)[C@H](n3cnc4c(=O)[nH]c(N)nc43)O[C@@H]2CO)cc1. The quantitative estimate of drug-likeness (QED) is 0.0328. The molecule has 3 aliphatic rings. The van der Waals surface area contributed by atoms with Gasteiger partial charge in [-0.1, -0.05) is 12.1 Å². The molecule has 416 valence electrons. The number of amides is 1. The maximum absolute atomic E-state index is 14.0. The summed E-state index contributed by atoms with van der Waals surface area (Å²) in [7, 11) is -6.01. The molecule has 0 bridgehead atoms. The number of hydrogen-bond acceptors (Lipinski definition) is 27. The number of ether oxygens (including phenoxy) is 4. The van der Waals surface area contributed by atoms with Gasteiger partial charge in [0.1, 0.15) is 66.7 Å². The maximum atomic E-state index is 14.0. The van der Waals surface area contributed by atoms with Crippen LogP contribution in [0.2, 0.25) is 0 Å². The van der Waals surface area contributed by atoms with Gasteiger partial charge in [0.05, 0.1) is 51.7 Å². The van der Waals surface area contributed by atoms with Crippen molar-refractivity contribution in [1.29, 1.82) is 0 Å². The van der Waals surface area contributed by atoms with Crippen LogP contribution in [0, 0.1) is 0 Å². The summed E-state index contributed by atoms with van der Waals surface area (Å²) in [6.45, 7) is -2.94. The first-order valence-corrected chi connectivity index (χ1v) is 26.1. The smallest absolute Gasteiger partial charge is 0.472 e. The second kappa shape index (κ2) is 22.1. The molecule has 34 nitrogen and oxygen atoms in total. The highest BCUT2D eigenvalue weighted by molar-refractivity contribution is 7.47. The van der Waals surface area contributed by atoms with E-state index < -0.39 is 132 Å². The number of nitrogens with two attached hydrogens (primary N) is 3. The first kappa shape index (κ1) is 55.3. The van der Waals surface area contributed by atoms with Gasteiger partial charge < -0.3 is 76.6 Å².